The molecule has 1 aromatic rings. The van der Waals surface area contributed by atoms with Crippen molar-refractivity contribution in [3.8, 4) is 0 Å². The first-order valence-corrected chi connectivity index (χ1v) is 5.75. The minimum absolute atomic E-state index is 0.0882. The highest BCUT2D eigenvalue weighted by Crippen LogP contribution is 2.44. The predicted molar refractivity (Wildman–Crippen MR) is 63.9 cm³/mol. The minimum Gasteiger partial charge on any atom is -0.355 e. The Morgan fingerprint density at radius 1 is 1.29 bits per heavy atom. The summed E-state index contributed by atoms with van der Waals surface area (Å²) in [6.07, 6.45) is -0.0882. The second-order valence-electron chi connectivity index (χ2n) is 3.60. The second kappa shape index (κ2) is 4.28. The lowest BCUT2D eigenvalue weighted by molar-refractivity contribution is -0.181. The van der Waals surface area contributed by atoms with Crippen LogP contribution in [0.3, 0.4) is 0 Å². The molecule has 0 saturated heterocycles. The van der Waals surface area contributed by atoms with Gasteiger partial charge in [-0.2, -0.15) is 0 Å². The summed E-state index contributed by atoms with van der Waals surface area (Å²) >= 11 is 16.7. The van der Waals surface area contributed by atoms with Crippen LogP contribution >= 0.6 is 34.8 Å². The summed E-state index contributed by atoms with van der Waals surface area (Å²) in [5, 5.41) is 13.6. The lowest BCUT2D eigenvalue weighted by Crippen LogP contribution is -2.42. The van der Waals surface area contributed by atoms with Crippen LogP contribution in [0, 0.1) is 5.82 Å². The third-order valence-corrected chi connectivity index (χ3v) is 3.22. The normalized spacial score (nSPS) is 24.4. The summed E-state index contributed by atoms with van der Waals surface area (Å²) in [5.74, 6) is -2.37. The molecule has 92 valence electrons. The molecule has 1 unspecified atom stereocenters. The zero-order chi connectivity index (χ0) is 12.7. The fraction of sp³-hybridized carbons (Fsp3) is 0.300. The van der Waals surface area contributed by atoms with E-state index in [0.29, 0.717) is 11.3 Å². The van der Waals surface area contributed by atoms with Crippen LogP contribution < -0.4 is 0 Å². The van der Waals surface area contributed by atoms with Gasteiger partial charge >= 0.3 is 0 Å². The van der Waals surface area contributed by atoms with Crippen LogP contribution in [0.2, 0.25) is 0 Å². The summed E-state index contributed by atoms with van der Waals surface area (Å²) in [6.45, 7) is 0. The third-order valence-electron chi connectivity index (χ3n) is 2.33. The van der Waals surface area contributed by atoms with Gasteiger partial charge in [-0.1, -0.05) is 52.1 Å². The van der Waals surface area contributed by atoms with E-state index in [0.717, 1.165) is 0 Å². The first-order valence-electron chi connectivity index (χ1n) is 4.62. The minimum atomic E-state index is -2.02. The summed E-state index contributed by atoms with van der Waals surface area (Å²) in [6, 6.07) is 5.54. The molecule has 0 aliphatic carbocycles. The zero-order valence-electron chi connectivity index (χ0n) is 8.33. The molecule has 1 aliphatic heterocycles. The van der Waals surface area contributed by atoms with Gasteiger partial charge in [-0.15, -0.1) is 0 Å². The molecule has 0 amide bonds. The number of benzene rings is 1. The van der Waals surface area contributed by atoms with Gasteiger partial charge in [0.05, 0.1) is 12.1 Å². The molecule has 7 heteroatoms. The maximum absolute atomic E-state index is 12.7. The average molecular weight is 299 g/mol. The fourth-order valence-corrected chi connectivity index (χ4v) is 1.68. The maximum atomic E-state index is 12.7. The Morgan fingerprint density at radius 3 is 2.35 bits per heavy atom. The number of halogens is 4. The molecule has 1 aliphatic rings. The van der Waals surface area contributed by atoms with Crippen LogP contribution in [-0.4, -0.2) is 20.4 Å². The van der Waals surface area contributed by atoms with E-state index >= 15 is 0 Å². The van der Waals surface area contributed by atoms with Crippen LogP contribution in [-0.2, 0) is 4.84 Å². The topological polar surface area (TPSA) is 41.8 Å². The first-order chi connectivity index (χ1) is 7.82. The van der Waals surface area contributed by atoms with Crippen molar-refractivity contribution in [2.75, 3.05) is 0 Å². The van der Waals surface area contributed by atoms with Crippen molar-refractivity contribution in [2.24, 2.45) is 5.16 Å². The van der Waals surface area contributed by atoms with Crippen molar-refractivity contribution in [3.05, 3.63) is 35.6 Å². The number of nitrogens with zero attached hydrogens (tertiary/aromatic N) is 1. The molecule has 1 N–H and O–H groups in total. The molecule has 0 aromatic heterocycles. The Labute approximate surface area is 112 Å². The van der Waals surface area contributed by atoms with Crippen LogP contribution in [0.15, 0.2) is 29.4 Å². The lowest BCUT2D eigenvalue weighted by Gasteiger charge is -2.26. The highest BCUT2D eigenvalue weighted by molar-refractivity contribution is 6.68. The Bertz CT molecular complexity index is 458. The van der Waals surface area contributed by atoms with E-state index in [1.54, 1.807) is 0 Å². The Morgan fingerprint density at radius 2 is 1.88 bits per heavy atom. The van der Waals surface area contributed by atoms with Crippen LogP contribution in [0.1, 0.15) is 12.0 Å². The third kappa shape index (κ3) is 2.50. The van der Waals surface area contributed by atoms with Crippen molar-refractivity contribution in [1.82, 2.24) is 0 Å². The van der Waals surface area contributed by atoms with Crippen molar-refractivity contribution < 1.29 is 14.3 Å². The molecule has 0 bridgehead atoms. The number of oxime groups is 1. The van der Waals surface area contributed by atoms with Gasteiger partial charge in [0.2, 0.25) is 0 Å². The average Bonchev–Trinajstić information content (AvgIpc) is 2.63. The van der Waals surface area contributed by atoms with Gasteiger partial charge < -0.3 is 9.94 Å². The molecule has 17 heavy (non-hydrogen) atoms. The highest BCUT2D eigenvalue weighted by atomic mass is 35.6. The first kappa shape index (κ1) is 12.9. The van der Waals surface area contributed by atoms with E-state index in [-0.39, 0.29) is 12.2 Å². The van der Waals surface area contributed by atoms with E-state index in [4.69, 9.17) is 39.6 Å². The number of alkyl halides is 3. The predicted octanol–water partition coefficient (Wildman–Crippen LogP) is 3.01. The highest BCUT2D eigenvalue weighted by Gasteiger charge is 2.54. The van der Waals surface area contributed by atoms with Crippen molar-refractivity contribution in [2.45, 2.75) is 16.0 Å². The standard InChI is InChI=1S/C10H7Cl3FNO2/c11-10(12,13)9(16)5-8(15-17-9)6-1-3-7(14)4-2-6/h1-4,16H,5H2. The molecule has 0 fully saturated rings. The van der Waals surface area contributed by atoms with Crippen molar-refractivity contribution in [1.29, 1.82) is 0 Å². The van der Waals surface area contributed by atoms with Crippen molar-refractivity contribution in [3.63, 3.8) is 0 Å². The van der Waals surface area contributed by atoms with Crippen LogP contribution in [0.4, 0.5) is 4.39 Å². The van der Waals surface area contributed by atoms with E-state index in [1.807, 2.05) is 0 Å². The molecule has 1 heterocycles. The fourth-order valence-electron chi connectivity index (χ4n) is 1.37. The van der Waals surface area contributed by atoms with Gasteiger partial charge in [0.25, 0.3) is 9.58 Å². The summed E-state index contributed by atoms with van der Waals surface area (Å²) in [4.78, 5) is 4.76. The van der Waals surface area contributed by atoms with Crippen molar-refractivity contribution >= 4 is 40.5 Å². The maximum Gasteiger partial charge on any atom is 0.287 e. The summed E-state index contributed by atoms with van der Waals surface area (Å²) < 4.78 is 10.7. The Hall–Kier alpha value is -0.550. The second-order valence-corrected chi connectivity index (χ2v) is 5.88. The molecule has 0 saturated carbocycles. The molecule has 0 spiro atoms. The zero-order valence-corrected chi connectivity index (χ0v) is 10.6. The van der Waals surface area contributed by atoms with Crippen LogP contribution in [0.5, 0.6) is 0 Å². The molecule has 0 radical (unpaired) electrons. The monoisotopic (exact) mass is 297 g/mol. The summed E-state index contributed by atoms with van der Waals surface area (Å²) in [5.41, 5.74) is 0.982. The molecule has 1 aromatic carbocycles. The van der Waals surface area contributed by atoms with Gasteiger partial charge in [-0.25, -0.2) is 4.39 Å². The SMILES string of the molecule is OC1(C(Cl)(Cl)Cl)CC(c2ccc(F)cc2)=NO1. The van der Waals surface area contributed by atoms with E-state index in [9.17, 15) is 9.50 Å². The molecule has 2 rings (SSSR count). The van der Waals surface area contributed by atoms with Gasteiger partial charge in [-0.3, -0.25) is 0 Å². The number of aliphatic hydroxyl groups is 1. The Kier molecular flexibility index (Phi) is 3.25. The van der Waals surface area contributed by atoms with E-state index in [2.05, 4.69) is 5.16 Å². The van der Waals surface area contributed by atoms with E-state index in [1.165, 1.54) is 24.3 Å². The van der Waals surface area contributed by atoms with Gasteiger partial charge in [0.15, 0.2) is 0 Å². The Balaban J connectivity index is 2.20. The molecule has 3 nitrogen and oxygen atoms in total. The molecule has 1 atom stereocenters. The molecular weight excluding hydrogens is 291 g/mol. The van der Waals surface area contributed by atoms with E-state index < -0.39 is 9.58 Å². The van der Waals surface area contributed by atoms with Gasteiger partial charge in [-0.05, 0) is 17.7 Å². The number of hydrogen-bond donors (Lipinski definition) is 1. The lowest BCUT2D eigenvalue weighted by atomic mass is 10.0. The smallest absolute Gasteiger partial charge is 0.287 e. The molecular formula is C10H7Cl3FNO2. The quantitative estimate of drug-likeness (QED) is 0.810. The van der Waals surface area contributed by atoms with Gasteiger partial charge in [0.1, 0.15) is 5.82 Å². The van der Waals surface area contributed by atoms with Gasteiger partial charge in [0, 0.05) is 0 Å². The largest absolute Gasteiger partial charge is 0.355 e. The van der Waals surface area contributed by atoms with Crippen LogP contribution in [0.25, 0.3) is 0 Å². The number of hydrogen-bond acceptors (Lipinski definition) is 3. The number of rotatable bonds is 1. The summed E-state index contributed by atoms with van der Waals surface area (Å²) in [7, 11) is 0.